The summed E-state index contributed by atoms with van der Waals surface area (Å²) in [7, 11) is 1.39. The lowest BCUT2D eigenvalue weighted by Crippen LogP contribution is -2.47. The van der Waals surface area contributed by atoms with E-state index in [9.17, 15) is 17.6 Å². The summed E-state index contributed by atoms with van der Waals surface area (Å²) in [5, 5.41) is 0. The first-order valence-electron chi connectivity index (χ1n) is 7.76. The quantitative estimate of drug-likeness (QED) is 0.787. The van der Waals surface area contributed by atoms with E-state index >= 15 is 0 Å². The molecular weight excluding hydrogens is 338 g/mol. The highest BCUT2D eigenvalue weighted by atomic mass is 19.4. The van der Waals surface area contributed by atoms with Gasteiger partial charge in [0.25, 0.3) is 0 Å². The molecule has 1 aromatic carbocycles. The van der Waals surface area contributed by atoms with Gasteiger partial charge in [-0.3, -0.25) is 0 Å². The van der Waals surface area contributed by atoms with Crippen LogP contribution in [0.25, 0.3) is 0 Å². The second-order valence-electron chi connectivity index (χ2n) is 5.67. The molecule has 2 aromatic rings. The predicted octanol–water partition coefficient (Wildman–Crippen LogP) is 3.57. The van der Waals surface area contributed by atoms with Crippen LogP contribution in [0, 0.1) is 5.82 Å². The molecule has 4 nitrogen and oxygen atoms in total. The van der Waals surface area contributed by atoms with Crippen LogP contribution >= 0.6 is 0 Å². The largest absolute Gasteiger partial charge is 0.494 e. The molecule has 1 aliphatic heterocycles. The van der Waals surface area contributed by atoms with Crippen LogP contribution < -0.4 is 14.5 Å². The molecule has 1 saturated heterocycles. The number of rotatable bonds is 3. The van der Waals surface area contributed by atoms with Crippen LogP contribution in [0.5, 0.6) is 5.75 Å². The molecule has 134 valence electrons. The number of ether oxygens (including phenoxy) is 1. The molecule has 0 N–H and O–H groups in total. The fourth-order valence-corrected chi connectivity index (χ4v) is 2.90. The van der Waals surface area contributed by atoms with E-state index in [4.69, 9.17) is 4.74 Å². The lowest BCUT2D eigenvalue weighted by Gasteiger charge is -2.37. The number of hydrogen-bond donors (Lipinski definition) is 0. The summed E-state index contributed by atoms with van der Waals surface area (Å²) in [6, 6.07) is 6.96. The molecule has 1 aliphatic rings. The monoisotopic (exact) mass is 355 g/mol. The zero-order valence-corrected chi connectivity index (χ0v) is 13.6. The Hall–Kier alpha value is -2.51. The molecule has 3 rings (SSSR count). The van der Waals surface area contributed by atoms with Crippen molar-refractivity contribution in [1.29, 1.82) is 0 Å². The van der Waals surface area contributed by atoms with Crippen LogP contribution in [0.2, 0.25) is 0 Å². The fraction of sp³-hybridized carbons (Fsp3) is 0.353. The zero-order chi connectivity index (χ0) is 18.0. The van der Waals surface area contributed by atoms with Crippen molar-refractivity contribution in [2.24, 2.45) is 0 Å². The molecule has 0 radical (unpaired) electrons. The van der Waals surface area contributed by atoms with Crippen LogP contribution in [-0.2, 0) is 6.18 Å². The third kappa shape index (κ3) is 3.62. The summed E-state index contributed by atoms with van der Waals surface area (Å²) in [6.07, 6.45) is -3.09. The van der Waals surface area contributed by atoms with E-state index in [0.717, 1.165) is 6.07 Å². The minimum Gasteiger partial charge on any atom is -0.494 e. The lowest BCUT2D eigenvalue weighted by atomic mass is 10.2. The van der Waals surface area contributed by atoms with Crippen molar-refractivity contribution in [3.8, 4) is 5.75 Å². The van der Waals surface area contributed by atoms with Crippen LogP contribution in [0.1, 0.15) is 5.56 Å². The van der Waals surface area contributed by atoms with E-state index < -0.39 is 17.6 Å². The Bertz CT molecular complexity index is 743. The summed E-state index contributed by atoms with van der Waals surface area (Å²) in [5.41, 5.74) is -0.0612. The topological polar surface area (TPSA) is 28.6 Å². The van der Waals surface area contributed by atoms with Crippen molar-refractivity contribution in [1.82, 2.24) is 4.98 Å². The third-order valence-corrected chi connectivity index (χ3v) is 4.17. The number of anilines is 2. The summed E-state index contributed by atoms with van der Waals surface area (Å²) in [5.74, 6) is -0.368. The van der Waals surface area contributed by atoms with Crippen molar-refractivity contribution in [3.63, 3.8) is 0 Å². The average Bonchev–Trinajstić information content (AvgIpc) is 2.61. The van der Waals surface area contributed by atoms with E-state index in [-0.39, 0.29) is 11.6 Å². The maximum atomic E-state index is 13.8. The first-order chi connectivity index (χ1) is 11.9. The first kappa shape index (κ1) is 17.3. The fourth-order valence-electron chi connectivity index (χ4n) is 2.90. The zero-order valence-electron chi connectivity index (χ0n) is 13.6. The summed E-state index contributed by atoms with van der Waals surface area (Å²) in [6.45, 7) is 1.68. The van der Waals surface area contributed by atoms with E-state index in [2.05, 4.69) is 4.98 Å². The number of pyridine rings is 1. The Morgan fingerprint density at radius 3 is 2.32 bits per heavy atom. The highest BCUT2D eigenvalue weighted by Crippen LogP contribution is 2.35. The second kappa shape index (κ2) is 6.78. The van der Waals surface area contributed by atoms with Gasteiger partial charge in [0, 0.05) is 44.1 Å². The molecule has 0 aliphatic carbocycles. The summed E-state index contributed by atoms with van der Waals surface area (Å²) in [4.78, 5) is 7.45. The Morgan fingerprint density at radius 1 is 1.04 bits per heavy atom. The lowest BCUT2D eigenvalue weighted by molar-refractivity contribution is -0.137. The summed E-state index contributed by atoms with van der Waals surface area (Å²) < 4.78 is 58.1. The van der Waals surface area contributed by atoms with Crippen LogP contribution in [-0.4, -0.2) is 38.3 Å². The number of piperazine rings is 1. The minimum absolute atomic E-state index is 0.0597. The minimum atomic E-state index is -4.44. The van der Waals surface area contributed by atoms with Crippen molar-refractivity contribution in [3.05, 3.63) is 47.9 Å². The Morgan fingerprint density at radius 2 is 1.72 bits per heavy atom. The number of benzene rings is 1. The maximum Gasteiger partial charge on any atom is 0.419 e. The predicted molar refractivity (Wildman–Crippen MR) is 86.6 cm³/mol. The van der Waals surface area contributed by atoms with E-state index in [1.165, 1.54) is 31.5 Å². The Balaban J connectivity index is 1.74. The number of aromatic nitrogens is 1. The van der Waals surface area contributed by atoms with Crippen LogP contribution in [0.3, 0.4) is 0 Å². The molecule has 0 bridgehead atoms. The molecule has 1 fully saturated rings. The molecule has 0 spiro atoms. The van der Waals surface area contributed by atoms with Gasteiger partial charge in [0.05, 0.1) is 12.7 Å². The van der Waals surface area contributed by atoms with E-state index in [1.807, 2.05) is 4.90 Å². The molecule has 0 saturated carbocycles. The number of hydrogen-bond acceptors (Lipinski definition) is 4. The number of nitrogens with zero attached hydrogens (tertiary/aromatic N) is 3. The third-order valence-electron chi connectivity index (χ3n) is 4.17. The molecular formula is C17H17F4N3O. The molecule has 1 aromatic heterocycles. The molecule has 2 heterocycles. The van der Waals surface area contributed by atoms with Gasteiger partial charge in [-0.05, 0) is 24.3 Å². The van der Waals surface area contributed by atoms with Gasteiger partial charge in [0.2, 0.25) is 0 Å². The Kier molecular flexibility index (Phi) is 4.69. The van der Waals surface area contributed by atoms with E-state index in [0.29, 0.717) is 31.9 Å². The Labute approximate surface area is 142 Å². The van der Waals surface area contributed by atoms with Crippen LogP contribution in [0.15, 0.2) is 36.5 Å². The van der Waals surface area contributed by atoms with E-state index in [1.54, 1.807) is 11.0 Å². The van der Waals surface area contributed by atoms with Crippen molar-refractivity contribution >= 4 is 11.5 Å². The smallest absolute Gasteiger partial charge is 0.419 e. The van der Waals surface area contributed by atoms with Gasteiger partial charge < -0.3 is 14.5 Å². The molecule has 0 unspecified atom stereocenters. The van der Waals surface area contributed by atoms with Gasteiger partial charge in [0.15, 0.2) is 11.6 Å². The first-order valence-corrected chi connectivity index (χ1v) is 7.76. The highest BCUT2D eigenvalue weighted by molar-refractivity contribution is 5.54. The standard InChI is InChI=1S/C17H17F4N3O/c1-25-15-5-4-12(11-14(15)18)23-7-9-24(10-8-23)16-13(17(19,20)21)3-2-6-22-16/h2-6,11H,7-10H2,1H3. The SMILES string of the molecule is COc1ccc(N2CCN(c3ncccc3C(F)(F)F)CC2)cc1F. The van der Waals surface area contributed by atoms with Gasteiger partial charge in [-0.1, -0.05) is 0 Å². The number of alkyl halides is 3. The average molecular weight is 355 g/mol. The maximum absolute atomic E-state index is 13.8. The molecule has 0 amide bonds. The van der Waals surface area contributed by atoms with Gasteiger partial charge >= 0.3 is 6.18 Å². The summed E-state index contributed by atoms with van der Waals surface area (Å²) >= 11 is 0. The number of halogens is 4. The van der Waals surface area contributed by atoms with Crippen molar-refractivity contribution in [2.75, 3.05) is 43.1 Å². The highest BCUT2D eigenvalue weighted by Gasteiger charge is 2.36. The second-order valence-corrected chi connectivity index (χ2v) is 5.67. The van der Waals surface area contributed by atoms with Crippen molar-refractivity contribution < 1.29 is 22.3 Å². The van der Waals surface area contributed by atoms with Gasteiger partial charge in [0.1, 0.15) is 5.82 Å². The van der Waals surface area contributed by atoms with Crippen molar-refractivity contribution in [2.45, 2.75) is 6.18 Å². The normalized spacial score (nSPS) is 15.4. The molecule has 25 heavy (non-hydrogen) atoms. The van der Waals surface area contributed by atoms with Crippen LogP contribution in [0.4, 0.5) is 29.1 Å². The molecule has 0 atom stereocenters. The number of methoxy groups -OCH3 is 1. The van der Waals surface area contributed by atoms with Gasteiger partial charge in [-0.25, -0.2) is 9.37 Å². The molecule has 8 heteroatoms. The van der Waals surface area contributed by atoms with Gasteiger partial charge in [-0.15, -0.1) is 0 Å². The van der Waals surface area contributed by atoms with Gasteiger partial charge in [-0.2, -0.15) is 13.2 Å².